The van der Waals surface area contributed by atoms with Gasteiger partial charge in [0.15, 0.2) is 5.03 Å². The lowest BCUT2D eigenvalue weighted by Gasteiger charge is -2.36. The highest BCUT2D eigenvalue weighted by Gasteiger charge is 2.40. The van der Waals surface area contributed by atoms with Crippen molar-refractivity contribution in [3.8, 4) is 0 Å². The van der Waals surface area contributed by atoms with E-state index in [2.05, 4.69) is 28.6 Å². The molecule has 0 bridgehead atoms. The van der Waals surface area contributed by atoms with Crippen LogP contribution >= 0.6 is 0 Å². The maximum Gasteiger partial charge on any atom is 0.258 e. The molecule has 3 atom stereocenters. The molecule has 7 nitrogen and oxygen atoms in total. The Labute approximate surface area is 138 Å². The van der Waals surface area contributed by atoms with Crippen molar-refractivity contribution in [3.63, 3.8) is 0 Å². The summed E-state index contributed by atoms with van der Waals surface area (Å²) < 4.78 is 35.5. The molecule has 0 radical (unpaired) electrons. The largest absolute Gasteiger partial charge is 0.375 e. The summed E-state index contributed by atoms with van der Waals surface area (Å²) in [6.07, 6.45) is 2.61. The lowest BCUT2D eigenvalue weighted by Crippen LogP contribution is -2.48. The number of sulfonamides is 1. The number of morpholine rings is 1. The van der Waals surface area contributed by atoms with Crippen molar-refractivity contribution < 1.29 is 13.2 Å². The van der Waals surface area contributed by atoms with Gasteiger partial charge in [-0.15, -0.1) is 0 Å². The molecule has 130 valence electrons. The van der Waals surface area contributed by atoms with Gasteiger partial charge in [0.05, 0.1) is 18.9 Å². The Kier molecular flexibility index (Phi) is 4.52. The van der Waals surface area contributed by atoms with Gasteiger partial charge in [0.1, 0.15) is 0 Å². The quantitative estimate of drug-likeness (QED) is 0.862. The van der Waals surface area contributed by atoms with Crippen molar-refractivity contribution >= 4 is 10.0 Å². The second kappa shape index (κ2) is 6.16. The minimum Gasteiger partial charge on any atom is -0.375 e. The van der Waals surface area contributed by atoms with Crippen LogP contribution in [0.3, 0.4) is 0 Å². The van der Waals surface area contributed by atoms with E-state index in [1.54, 1.807) is 20.2 Å². The summed E-state index contributed by atoms with van der Waals surface area (Å²) in [4.78, 5) is 2.36. The van der Waals surface area contributed by atoms with E-state index in [4.69, 9.17) is 4.74 Å². The molecule has 0 spiro atoms. The number of rotatable bonds is 4. The third kappa shape index (κ3) is 3.31. The number of hydrogen-bond donors (Lipinski definition) is 1. The Balaban J connectivity index is 1.69. The Hall–Kier alpha value is -0.960. The number of hydrogen-bond acceptors (Lipinski definition) is 5. The summed E-state index contributed by atoms with van der Waals surface area (Å²) in [5, 5.41) is 4.27. The van der Waals surface area contributed by atoms with E-state index in [1.807, 2.05) is 0 Å². The molecule has 1 aromatic heterocycles. The van der Waals surface area contributed by atoms with Crippen molar-refractivity contribution in [2.24, 2.45) is 13.0 Å². The molecule has 2 aliphatic heterocycles. The molecule has 0 amide bonds. The van der Waals surface area contributed by atoms with Crippen LogP contribution in [0.2, 0.25) is 0 Å². The summed E-state index contributed by atoms with van der Waals surface area (Å²) in [7, 11) is -1.90. The maximum absolute atomic E-state index is 12.6. The SMILES string of the molecule is Cc1cnn(C)c1S(=O)(=O)N[C@H]1C[C@H]2CO[C@@H](C(C)C)CN2C1. The van der Waals surface area contributed by atoms with E-state index in [1.165, 1.54) is 4.68 Å². The first-order chi connectivity index (χ1) is 10.8. The second-order valence-corrected chi connectivity index (χ2v) is 8.66. The number of aromatic nitrogens is 2. The van der Waals surface area contributed by atoms with E-state index < -0.39 is 10.0 Å². The number of nitrogens with one attached hydrogen (secondary N) is 1. The summed E-state index contributed by atoms with van der Waals surface area (Å²) in [5.41, 5.74) is 0.666. The zero-order valence-corrected chi connectivity index (χ0v) is 15.0. The molecule has 0 saturated carbocycles. The lowest BCUT2D eigenvalue weighted by atomic mass is 10.0. The number of ether oxygens (including phenoxy) is 1. The molecule has 23 heavy (non-hydrogen) atoms. The van der Waals surface area contributed by atoms with E-state index >= 15 is 0 Å². The number of fused-ring (bicyclic) bond motifs is 1. The van der Waals surface area contributed by atoms with Crippen molar-refractivity contribution in [2.45, 2.75) is 50.4 Å². The molecule has 2 saturated heterocycles. The predicted octanol–water partition coefficient (Wildman–Crippen LogP) is 0.505. The van der Waals surface area contributed by atoms with Crippen LogP contribution in [0.4, 0.5) is 0 Å². The third-order valence-corrected chi connectivity index (χ3v) is 6.56. The van der Waals surface area contributed by atoms with Crippen molar-refractivity contribution in [3.05, 3.63) is 11.8 Å². The molecule has 1 aromatic rings. The Morgan fingerprint density at radius 1 is 1.39 bits per heavy atom. The zero-order valence-electron chi connectivity index (χ0n) is 14.2. The summed E-state index contributed by atoms with van der Waals surface area (Å²) in [6.45, 7) is 8.39. The number of aryl methyl sites for hydroxylation is 2. The highest BCUT2D eigenvalue weighted by molar-refractivity contribution is 7.89. The zero-order chi connectivity index (χ0) is 16.8. The Morgan fingerprint density at radius 3 is 2.74 bits per heavy atom. The van der Waals surface area contributed by atoms with Gasteiger partial charge in [-0.2, -0.15) is 5.10 Å². The first-order valence-corrected chi connectivity index (χ1v) is 9.63. The fraction of sp³-hybridized carbons (Fsp3) is 0.800. The molecule has 3 rings (SSSR count). The smallest absolute Gasteiger partial charge is 0.258 e. The average molecular weight is 342 g/mol. The summed E-state index contributed by atoms with van der Waals surface area (Å²) in [6, 6.07) is 0.235. The van der Waals surface area contributed by atoms with Crippen molar-refractivity contribution in [1.29, 1.82) is 0 Å². The van der Waals surface area contributed by atoms with Gasteiger partial charge in [0.2, 0.25) is 0 Å². The number of nitrogens with zero attached hydrogens (tertiary/aromatic N) is 3. The third-order valence-electron chi connectivity index (χ3n) is 4.82. The first kappa shape index (κ1) is 16.9. The first-order valence-electron chi connectivity index (χ1n) is 8.14. The molecule has 0 unspecified atom stereocenters. The van der Waals surface area contributed by atoms with Gasteiger partial charge >= 0.3 is 0 Å². The minimum absolute atomic E-state index is 0.0752. The van der Waals surface area contributed by atoms with Crippen LogP contribution in [0.1, 0.15) is 25.8 Å². The van der Waals surface area contributed by atoms with Gasteiger partial charge in [-0.25, -0.2) is 13.1 Å². The lowest BCUT2D eigenvalue weighted by molar-refractivity contribution is -0.0683. The maximum atomic E-state index is 12.6. The van der Waals surface area contributed by atoms with Gasteiger partial charge in [-0.05, 0) is 19.3 Å². The molecule has 8 heteroatoms. The normalized spacial score (nSPS) is 29.2. The van der Waals surface area contributed by atoms with Gasteiger partial charge < -0.3 is 4.74 Å². The Morgan fingerprint density at radius 2 is 2.13 bits per heavy atom. The fourth-order valence-electron chi connectivity index (χ4n) is 3.59. The molecule has 0 aliphatic carbocycles. The molecule has 2 aliphatic rings. The summed E-state index contributed by atoms with van der Waals surface area (Å²) in [5.74, 6) is 0.476. The van der Waals surface area contributed by atoms with Gasteiger partial charge in [0, 0.05) is 37.8 Å². The van der Waals surface area contributed by atoms with E-state index in [9.17, 15) is 8.42 Å². The van der Waals surface area contributed by atoms with Crippen LogP contribution in [0.25, 0.3) is 0 Å². The van der Waals surface area contributed by atoms with Crippen LogP contribution in [-0.2, 0) is 21.8 Å². The topological polar surface area (TPSA) is 76.5 Å². The fourth-order valence-corrected chi connectivity index (χ4v) is 5.18. The molecule has 1 N–H and O–H groups in total. The van der Waals surface area contributed by atoms with E-state index in [0.29, 0.717) is 24.1 Å². The minimum atomic E-state index is -3.55. The van der Waals surface area contributed by atoms with E-state index in [0.717, 1.165) is 19.5 Å². The standard InChI is InChI=1S/C15H26N4O3S/c1-10(2)14-8-19-7-12(5-13(19)9-22-14)17-23(20,21)15-11(3)6-16-18(15)4/h6,10,12-14,17H,5,7-9H2,1-4H3/t12-,13-,14+/m0/s1. The second-order valence-electron chi connectivity index (χ2n) is 7.03. The van der Waals surface area contributed by atoms with Crippen LogP contribution in [0, 0.1) is 12.8 Å². The molecular formula is C15H26N4O3S. The van der Waals surface area contributed by atoms with Gasteiger partial charge in [-0.3, -0.25) is 9.58 Å². The van der Waals surface area contributed by atoms with Crippen LogP contribution < -0.4 is 4.72 Å². The highest BCUT2D eigenvalue weighted by atomic mass is 32.2. The van der Waals surface area contributed by atoms with Crippen LogP contribution in [-0.4, -0.2) is 61.0 Å². The monoisotopic (exact) mass is 342 g/mol. The van der Waals surface area contributed by atoms with Crippen molar-refractivity contribution in [2.75, 3.05) is 19.7 Å². The molecular weight excluding hydrogens is 316 g/mol. The van der Waals surface area contributed by atoms with Crippen molar-refractivity contribution in [1.82, 2.24) is 19.4 Å². The Bertz CT molecular complexity index is 651. The van der Waals surface area contributed by atoms with Crippen LogP contribution in [0.15, 0.2) is 11.2 Å². The predicted molar refractivity (Wildman–Crippen MR) is 86.6 cm³/mol. The molecule has 0 aromatic carbocycles. The molecule has 3 heterocycles. The van der Waals surface area contributed by atoms with Gasteiger partial charge in [-0.1, -0.05) is 13.8 Å². The highest BCUT2D eigenvalue weighted by Crippen LogP contribution is 2.27. The van der Waals surface area contributed by atoms with E-state index in [-0.39, 0.29) is 17.2 Å². The van der Waals surface area contributed by atoms with Gasteiger partial charge in [0.25, 0.3) is 10.0 Å². The van der Waals surface area contributed by atoms with Crippen LogP contribution in [0.5, 0.6) is 0 Å². The summed E-state index contributed by atoms with van der Waals surface area (Å²) >= 11 is 0. The average Bonchev–Trinajstić information content (AvgIpc) is 2.99. The molecule has 2 fully saturated rings.